The molecule has 0 saturated carbocycles. The molecule has 0 unspecified atom stereocenters. The molecule has 0 atom stereocenters. The fourth-order valence-electron chi connectivity index (χ4n) is 0.619. The van der Waals surface area contributed by atoms with Crippen molar-refractivity contribution in [3.05, 3.63) is 35.9 Å². The molecule has 0 radical (unpaired) electrons. The van der Waals surface area contributed by atoms with E-state index in [2.05, 4.69) is 4.29 Å². The summed E-state index contributed by atoms with van der Waals surface area (Å²) < 4.78 is 3.97. The predicted molar refractivity (Wildman–Crippen MR) is 38.8 cm³/mol. The summed E-state index contributed by atoms with van der Waals surface area (Å²) in [6.07, 6.45) is 0. The molecule has 1 aromatic rings. The predicted octanol–water partition coefficient (Wildman–Crippen LogP) is -0.886. The van der Waals surface area contributed by atoms with Crippen molar-refractivity contribution < 1.29 is 29.4 Å². The second-order valence-electron chi connectivity index (χ2n) is 1.73. The number of hydrogen-bond donors (Lipinski definition) is 0. The zero-order valence-corrected chi connectivity index (χ0v) is 6.84. The Morgan fingerprint density at radius 3 is 2.36 bits per heavy atom. The average molecular weight is 165 g/mol. The molecule has 0 aliphatic heterocycles. The van der Waals surface area contributed by atoms with Crippen LogP contribution in [0.15, 0.2) is 30.3 Å². The fraction of sp³-hybridized carbons (Fsp3) is 0. The maximum absolute atomic E-state index is 10.7. The van der Waals surface area contributed by atoms with Crippen LogP contribution in [-0.2, 0) is 4.29 Å². The Balaban J connectivity index is 0. The van der Waals surface area contributed by atoms with E-state index < -0.39 is 5.97 Å². The molecule has 0 N–H and O–H groups in total. The summed E-state index contributed by atoms with van der Waals surface area (Å²) in [5, 5.41) is 0. The van der Waals surface area contributed by atoms with Crippen molar-refractivity contribution in [2.45, 2.75) is 0 Å². The normalized spacial score (nSPS) is 8.09. The number of carbonyl (C=O) groups is 1. The van der Waals surface area contributed by atoms with Gasteiger partial charge in [-0.05, 0) is 12.1 Å². The van der Waals surface area contributed by atoms with Crippen molar-refractivity contribution in [2.75, 3.05) is 0 Å². The Bertz CT molecular complexity index is 230. The van der Waals surface area contributed by atoms with Crippen LogP contribution in [0.3, 0.4) is 0 Å². The van der Waals surface area contributed by atoms with Crippen LogP contribution in [0, 0.1) is 0 Å². The summed E-state index contributed by atoms with van der Waals surface area (Å²) in [7, 11) is 0. The maximum Gasteiger partial charge on any atom is 1.00 e. The largest absolute Gasteiger partial charge is 1.00 e. The van der Waals surface area contributed by atoms with Gasteiger partial charge in [-0.2, -0.15) is 0 Å². The van der Waals surface area contributed by atoms with Crippen LogP contribution >= 0.6 is 11.9 Å². The van der Waals surface area contributed by atoms with Gasteiger partial charge in [-0.15, -0.1) is 0 Å². The van der Waals surface area contributed by atoms with Crippen LogP contribution < -0.4 is 18.9 Å². The Morgan fingerprint density at radius 1 is 1.36 bits per heavy atom. The minimum absolute atomic E-state index is 0. The van der Waals surface area contributed by atoms with Crippen LogP contribution in [0.25, 0.3) is 0 Å². The molecular weight excluding hydrogens is 158 g/mol. The van der Waals surface area contributed by atoms with Gasteiger partial charge in [0.25, 0.3) is 0 Å². The van der Waals surface area contributed by atoms with Crippen LogP contribution in [0.4, 0.5) is 0 Å². The first-order valence-corrected chi connectivity index (χ1v) is 3.03. The molecule has 0 saturated heterocycles. The van der Waals surface area contributed by atoms with E-state index in [0.717, 1.165) is 0 Å². The molecule has 0 aliphatic carbocycles. The van der Waals surface area contributed by atoms with Gasteiger partial charge in [-0.3, -0.25) is 0 Å². The molecule has 0 fully saturated rings. The molecule has 0 aliphatic rings. The van der Waals surface area contributed by atoms with E-state index in [-0.39, 0.29) is 20.3 Å². The van der Waals surface area contributed by atoms with Gasteiger partial charge in [0.2, 0.25) is 0 Å². The van der Waals surface area contributed by atoms with E-state index in [0.29, 0.717) is 5.56 Å². The average Bonchev–Trinajstić information content (AvgIpc) is 2.05. The summed E-state index contributed by atoms with van der Waals surface area (Å²) in [4.78, 5) is 10.7. The van der Waals surface area contributed by atoms with Crippen LogP contribution in [-0.4, -0.2) is 5.97 Å². The van der Waals surface area contributed by atoms with Crippen molar-refractivity contribution in [1.29, 1.82) is 0 Å². The molecule has 1 aromatic carbocycles. The summed E-state index contributed by atoms with van der Waals surface area (Å²) in [6, 6.07) is 8.55. The number of carbonyl (C=O) groups excluding carboxylic acids is 1. The van der Waals surface area contributed by atoms with E-state index in [1.165, 1.54) is 0 Å². The standard InChI is InChI=1S/C7H5ClO2.Li.H/c8-10-7(9)6-4-2-1-3-5-6;;/h1-5H;;/q;+1;-1. The van der Waals surface area contributed by atoms with E-state index in [1.807, 2.05) is 6.07 Å². The van der Waals surface area contributed by atoms with Gasteiger partial charge in [0.1, 0.15) is 11.9 Å². The summed E-state index contributed by atoms with van der Waals surface area (Å²) >= 11 is 4.84. The quantitative estimate of drug-likeness (QED) is 0.504. The Morgan fingerprint density at radius 2 is 1.91 bits per heavy atom. The number of hydrogen-bond acceptors (Lipinski definition) is 2. The molecular formula is C7H6ClLiO2. The van der Waals surface area contributed by atoms with Crippen LogP contribution in [0.2, 0.25) is 0 Å². The summed E-state index contributed by atoms with van der Waals surface area (Å²) in [5.41, 5.74) is 0.456. The Kier molecular flexibility index (Phi) is 5.06. The van der Waals surface area contributed by atoms with Gasteiger partial charge >= 0.3 is 24.8 Å². The number of benzene rings is 1. The second kappa shape index (κ2) is 5.26. The summed E-state index contributed by atoms with van der Waals surface area (Å²) in [5.74, 6) is -0.526. The van der Waals surface area contributed by atoms with Crippen molar-refractivity contribution >= 4 is 17.8 Å². The van der Waals surface area contributed by atoms with Gasteiger partial charge in [-0.1, -0.05) is 18.2 Å². The van der Waals surface area contributed by atoms with Gasteiger partial charge in [0, 0.05) is 0 Å². The molecule has 0 aromatic heterocycles. The topological polar surface area (TPSA) is 26.3 Å². The van der Waals surface area contributed by atoms with E-state index in [9.17, 15) is 4.79 Å². The monoisotopic (exact) mass is 164 g/mol. The summed E-state index contributed by atoms with van der Waals surface area (Å²) in [6.45, 7) is 0. The van der Waals surface area contributed by atoms with Crippen molar-refractivity contribution in [1.82, 2.24) is 0 Å². The molecule has 0 heterocycles. The zero-order chi connectivity index (χ0) is 7.40. The first-order chi connectivity index (χ1) is 4.84. The van der Waals surface area contributed by atoms with E-state index in [4.69, 9.17) is 11.9 Å². The molecule has 2 nitrogen and oxygen atoms in total. The minimum atomic E-state index is -0.526. The van der Waals surface area contributed by atoms with Gasteiger partial charge in [0.05, 0.1) is 5.56 Å². The van der Waals surface area contributed by atoms with Crippen LogP contribution in [0.1, 0.15) is 11.8 Å². The molecule has 54 valence electrons. The first-order valence-electron chi connectivity index (χ1n) is 2.72. The van der Waals surface area contributed by atoms with E-state index >= 15 is 0 Å². The van der Waals surface area contributed by atoms with Crippen molar-refractivity contribution in [3.8, 4) is 0 Å². The van der Waals surface area contributed by atoms with Gasteiger partial charge < -0.3 is 5.72 Å². The number of rotatable bonds is 1. The molecule has 0 spiro atoms. The second-order valence-corrected chi connectivity index (χ2v) is 1.88. The molecule has 1 rings (SSSR count). The zero-order valence-electron chi connectivity index (χ0n) is 7.08. The van der Waals surface area contributed by atoms with Crippen molar-refractivity contribution in [3.63, 3.8) is 0 Å². The molecule has 0 bridgehead atoms. The molecule has 0 amide bonds. The first kappa shape index (κ1) is 10.6. The van der Waals surface area contributed by atoms with Crippen molar-refractivity contribution in [2.24, 2.45) is 0 Å². The van der Waals surface area contributed by atoms with Gasteiger partial charge in [-0.25, -0.2) is 4.79 Å². The third-order valence-corrected chi connectivity index (χ3v) is 1.22. The Labute approximate surface area is 83.3 Å². The number of halogens is 1. The third-order valence-electron chi connectivity index (χ3n) is 1.08. The maximum atomic E-state index is 10.7. The molecule has 11 heavy (non-hydrogen) atoms. The van der Waals surface area contributed by atoms with Crippen LogP contribution in [0.5, 0.6) is 0 Å². The minimum Gasteiger partial charge on any atom is -1.00 e. The Hall–Kier alpha value is -0.423. The van der Waals surface area contributed by atoms with E-state index in [1.54, 1.807) is 24.3 Å². The molecule has 4 heteroatoms. The SMILES string of the molecule is O=C(OCl)c1ccccc1.[H-].[Li+]. The smallest absolute Gasteiger partial charge is 1.00 e. The van der Waals surface area contributed by atoms with Gasteiger partial charge in [0.15, 0.2) is 0 Å². The fourth-order valence-corrected chi connectivity index (χ4v) is 0.708. The third kappa shape index (κ3) is 2.98.